The summed E-state index contributed by atoms with van der Waals surface area (Å²) >= 11 is 0. The molecule has 5 N–H and O–H groups in total. The van der Waals surface area contributed by atoms with Crippen LogP contribution >= 0.6 is 0 Å². The van der Waals surface area contributed by atoms with Gasteiger partial charge in [0, 0.05) is 89.6 Å². The van der Waals surface area contributed by atoms with Crippen molar-refractivity contribution in [2.24, 2.45) is 46.6 Å². The normalized spacial score (nSPS) is 23.3. The number of carboxylic acid groups (broad SMARTS) is 1. The number of hydrogen-bond acceptors (Lipinski definition) is 13. The number of ketones is 2. The van der Waals surface area contributed by atoms with Crippen LogP contribution in [-0.4, -0.2) is 112 Å². The number of aliphatic carboxylic acids is 1. The molecule has 0 aromatic carbocycles. The van der Waals surface area contributed by atoms with Gasteiger partial charge in [0.05, 0.1) is 29.9 Å². The van der Waals surface area contributed by atoms with Crippen LogP contribution in [0.1, 0.15) is 120 Å². The van der Waals surface area contributed by atoms with Crippen LogP contribution in [0.4, 0.5) is 0 Å². The fourth-order valence-corrected chi connectivity index (χ4v) is 10.4. The molecule has 0 spiro atoms. The number of fused-ring (bicyclic) bond motifs is 6. The van der Waals surface area contributed by atoms with Crippen molar-refractivity contribution in [1.82, 2.24) is 45.0 Å². The first kappa shape index (κ1) is 46.4. The number of aryl methyl sites for hydroxylation is 1. The molecule has 0 saturated carbocycles. The highest BCUT2D eigenvalue weighted by Crippen LogP contribution is 2.48. The van der Waals surface area contributed by atoms with Gasteiger partial charge in [0.2, 0.25) is 5.91 Å². The Morgan fingerprint density at radius 2 is 1.76 bits per heavy atom. The summed E-state index contributed by atoms with van der Waals surface area (Å²) in [5, 5.41) is 23.9. The predicted molar refractivity (Wildman–Crippen MR) is 245 cm³/mol. The van der Waals surface area contributed by atoms with Gasteiger partial charge in [0.15, 0.2) is 11.6 Å². The minimum absolute atomic E-state index is 0.00763. The maximum atomic E-state index is 14.4. The molecular formula is C47H55N11O9. The van der Waals surface area contributed by atoms with Crippen LogP contribution in [0.15, 0.2) is 26.7 Å². The van der Waals surface area contributed by atoms with Crippen LogP contribution in [0, 0.1) is 43.4 Å². The summed E-state index contributed by atoms with van der Waals surface area (Å²) < 4.78 is 7.24. The number of H-pyrrole nitrogens is 2. The van der Waals surface area contributed by atoms with Crippen LogP contribution < -0.4 is 27.0 Å². The number of rotatable bonds is 14. The van der Waals surface area contributed by atoms with E-state index in [0.717, 1.165) is 44.2 Å². The second kappa shape index (κ2) is 18.3. The number of aromatic amines is 2. The Labute approximate surface area is 384 Å². The topological polar surface area (TPSA) is 277 Å². The molecule has 7 heterocycles. The lowest BCUT2D eigenvalue weighted by molar-refractivity contribution is -0.142. The van der Waals surface area contributed by atoms with Crippen LogP contribution in [-0.2, 0) is 32.6 Å². The summed E-state index contributed by atoms with van der Waals surface area (Å²) in [6, 6.07) is -1.40. The highest BCUT2D eigenvalue weighted by Gasteiger charge is 2.49. The molecule has 4 aromatic heterocycles. The fourth-order valence-electron chi connectivity index (χ4n) is 10.4. The monoisotopic (exact) mass is 917 g/mol. The molecule has 352 valence electrons. The van der Waals surface area contributed by atoms with Crippen molar-refractivity contribution < 1.29 is 38.6 Å². The number of methoxy groups -OCH3 is 1. The number of esters is 1. The first-order valence-corrected chi connectivity index (χ1v) is 22.7. The number of carboxylic acids is 1. The van der Waals surface area contributed by atoms with Crippen molar-refractivity contribution in [2.75, 3.05) is 13.7 Å². The number of carbonyl (C=O) groups excluding carboxylic acids is 5. The molecule has 2 amide bonds. The van der Waals surface area contributed by atoms with E-state index in [1.165, 1.54) is 14.2 Å². The molecule has 20 nitrogen and oxygen atoms in total. The van der Waals surface area contributed by atoms with Crippen LogP contribution in [0.3, 0.4) is 0 Å². The Hall–Kier alpha value is -7.12. The van der Waals surface area contributed by atoms with Gasteiger partial charge in [0.25, 0.3) is 11.7 Å². The number of Topliss-reactive ketones (excluding diaryl/α,β-unsaturated/α-hetero) is 2. The fraction of sp³-hybridized carbons (Fsp3) is 0.489. The van der Waals surface area contributed by atoms with Gasteiger partial charge < -0.3 is 30.4 Å². The minimum Gasteiger partial charge on any atom is -0.480 e. The standard InChI is InChI=1S/C47H55N11O9/c1-9-25-20(2)28-18-33-36(24(6)59)22(4)30(50-33)16-29-21(3)26(40(51-29)38-39(45(65)67-8)42(61)37-23(5)31(52-41(37)38)17-32(25)49-28)12-10-14-35(60)48-15-11-13-27(44(63)64)53-43(62)34-19-58-46(54-34)55-56-57(7)47(58)66/h16,18-21,25-27,32,39,50,52H,9-15,17H2,1-8H3,(H,48,60)(H,53,62)(H,63,64)/b30-16?,33-18?,40-38-/t20-,21+,25-,26+,27?,32?,39?/m0/s1. The highest BCUT2D eigenvalue weighted by molar-refractivity contribution is 6.25. The van der Waals surface area contributed by atoms with Gasteiger partial charge in [0.1, 0.15) is 17.7 Å². The van der Waals surface area contributed by atoms with E-state index >= 15 is 0 Å². The molecule has 7 atom stereocenters. The number of ether oxygens (including phenoxy) is 1. The zero-order valence-corrected chi connectivity index (χ0v) is 38.8. The molecule has 8 bridgehead atoms. The maximum absolute atomic E-state index is 14.4. The summed E-state index contributed by atoms with van der Waals surface area (Å²) in [6.45, 7) is 11.8. The molecule has 0 saturated heterocycles. The minimum atomic E-state index is -1.30. The number of allylic oxidation sites excluding steroid dienone is 1. The number of imidazole rings is 1. The molecule has 3 unspecified atom stereocenters. The number of nitrogens with one attached hydrogen (secondary N) is 4. The van der Waals surface area contributed by atoms with Crippen molar-refractivity contribution in [3.63, 3.8) is 0 Å². The van der Waals surface area contributed by atoms with Crippen molar-refractivity contribution >= 4 is 70.2 Å². The Morgan fingerprint density at radius 3 is 2.46 bits per heavy atom. The lowest BCUT2D eigenvalue weighted by Crippen LogP contribution is -2.41. The second-order valence-corrected chi connectivity index (χ2v) is 18.1. The van der Waals surface area contributed by atoms with Gasteiger partial charge in [-0.05, 0) is 75.7 Å². The molecule has 0 radical (unpaired) electrons. The van der Waals surface area contributed by atoms with Crippen LogP contribution in [0.25, 0.3) is 23.5 Å². The molecule has 0 fully saturated rings. The highest BCUT2D eigenvalue weighted by atomic mass is 16.5. The predicted octanol–water partition coefficient (Wildman–Crippen LogP) is 1.95. The van der Waals surface area contributed by atoms with Crippen LogP contribution in [0.5, 0.6) is 0 Å². The molecule has 4 aliphatic rings. The number of hydrogen-bond donors (Lipinski definition) is 5. The summed E-state index contributed by atoms with van der Waals surface area (Å²) in [5.74, 6) is -5.09. The molecule has 67 heavy (non-hydrogen) atoms. The smallest absolute Gasteiger partial charge is 0.352 e. The first-order valence-electron chi connectivity index (χ1n) is 22.7. The number of carbonyl (C=O) groups is 6. The third kappa shape index (κ3) is 8.37. The van der Waals surface area contributed by atoms with E-state index < -0.39 is 35.5 Å². The summed E-state index contributed by atoms with van der Waals surface area (Å²) in [5.41, 5.74) is 5.78. The Bertz CT molecular complexity index is 3050. The van der Waals surface area contributed by atoms with Crippen molar-refractivity contribution in [2.45, 2.75) is 98.6 Å². The van der Waals surface area contributed by atoms with Gasteiger partial charge in [-0.2, -0.15) is 4.68 Å². The van der Waals surface area contributed by atoms with E-state index in [2.05, 4.69) is 49.7 Å². The summed E-state index contributed by atoms with van der Waals surface area (Å²) in [4.78, 5) is 113. The lowest BCUT2D eigenvalue weighted by Gasteiger charge is -2.21. The van der Waals surface area contributed by atoms with Crippen molar-refractivity contribution in [3.8, 4) is 0 Å². The molecular weight excluding hydrogens is 863 g/mol. The van der Waals surface area contributed by atoms with E-state index in [1.807, 2.05) is 32.9 Å². The van der Waals surface area contributed by atoms with Crippen molar-refractivity contribution in [1.29, 1.82) is 0 Å². The zero-order valence-electron chi connectivity index (χ0n) is 38.8. The second-order valence-electron chi connectivity index (χ2n) is 18.1. The average molecular weight is 918 g/mol. The SMILES string of the molecule is CC[C@@H]1C2Cc3[nH]c4c(c3C)C(=O)C(C(=O)OC)/C4=C3/N=C(C=c4[nH]c(c(C(C)=O)c4C)=CC(=N2)[C@H]1C)[C@H](C)[C@H]3CCCC(=O)NCCCC(NC(=O)c1cn2c(=O)n(C)nnc2n1)C(=O)O. The van der Waals surface area contributed by atoms with Gasteiger partial charge in [-0.1, -0.05) is 37.5 Å². The molecule has 4 aromatic rings. The number of aliphatic imine (C=N–C) groups is 2. The Morgan fingerprint density at radius 1 is 1.01 bits per heavy atom. The van der Waals surface area contributed by atoms with E-state index in [1.54, 1.807) is 6.92 Å². The van der Waals surface area contributed by atoms with E-state index in [9.17, 15) is 38.7 Å². The summed E-state index contributed by atoms with van der Waals surface area (Å²) in [7, 11) is 2.64. The maximum Gasteiger partial charge on any atom is 0.352 e. The van der Waals surface area contributed by atoms with Crippen molar-refractivity contribution in [3.05, 3.63) is 72.4 Å². The van der Waals surface area contributed by atoms with E-state index in [4.69, 9.17) is 14.7 Å². The number of nitrogens with zero attached hydrogens (tertiary/aromatic N) is 7. The third-order valence-corrected chi connectivity index (χ3v) is 14.0. The number of amides is 2. The largest absolute Gasteiger partial charge is 0.480 e. The quantitative estimate of drug-likeness (QED) is 0.0526. The van der Waals surface area contributed by atoms with E-state index in [-0.39, 0.29) is 84.5 Å². The van der Waals surface area contributed by atoms with E-state index in [0.29, 0.717) is 63.8 Å². The van der Waals surface area contributed by atoms with Crippen LogP contribution in [0.2, 0.25) is 0 Å². The molecule has 8 rings (SSSR count). The van der Waals surface area contributed by atoms with Gasteiger partial charge >= 0.3 is 17.6 Å². The molecule has 1 aliphatic carbocycles. The Kier molecular flexibility index (Phi) is 12.7. The average Bonchev–Trinajstić information content (AvgIpc) is 4.12. The Balaban J connectivity index is 1.04. The summed E-state index contributed by atoms with van der Waals surface area (Å²) in [6.07, 6.45) is 7.70. The lowest BCUT2D eigenvalue weighted by atomic mass is 9.83. The number of aromatic nitrogens is 7. The van der Waals surface area contributed by atoms with Gasteiger partial charge in [-0.25, -0.2) is 19.0 Å². The first-order chi connectivity index (χ1) is 31.9. The van der Waals surface area contributed by atoms with Gasteiger partial charge in [-0.3, -0.25) is 34.0 Å². The van der Waals surface area contributed by atoms with Gasteiger partial charge in [-0.15, -0.1) is 0 Å². The zero-order chi connectivity index (χ0) is 48.2. The molecule has 3 aliphatic heterocycles. The third-order valence-electron chi connectivity index (χ3n) is 14.0. The molecule has 20 heteroatoms.